The van der Waals surface area contributed by atoms with E-state index in [-0.39, 0.29) is 5.04 Å². The second-order valence-corrected chi connectivity index (χ2v) is 11.1. The van der Waals surface area contributed by atoms with Gasteiger partial charge >= 0.3 is 0 Å². The number of hydrogen-bond acceptors (Lipinski definition) is 2. The van der Waals surface area contributed by atoms with Crippen molar-refractivity contribution in [3.05, 3.63) is 10.4 Å². The van der Waals surface area contributed by atoms with Crippen LogP contribution in [0.4, 0.5) is 0 Å². The average molecular weight is 288 g/mol. The monoisotopic (exact) mass is 289 g/mol. The predicted octanol–water partition coefficient (Wildman–Crippen LogP) is 0.272. The summed E-state index contributed by atoms with van der Waals surface area (Å²) in [5.41, 5.74) is 8.07. The molecule has 0 saturated heterocycles. The van der Waals surface area contributed by atoms with Crippen molar-refractivity contribution in [2.24, 2.45) is 5.11 Å². The highest BCUT2D eigenvalue weighted by Crippen LogP contribution is 2.36. The summed E-state index contributed by atoms with van der Waals surface area (Å²) in [5, 5.41) is 3.66. The molecule has 0 fully saturated rings. The molecule has 10 radical (unpaired) electrons. The first-order valence-corrected chi connectivity index (χ1v) is 9.70. The van der Waals surface area contributed by atoms with E-state index in [4.69, 9.17) is 48.6 Å². The molecule has 0 aliphatic heterocycles. The zero-order valence-electron chi connectivity index (χ0n) is 13.8. The van der Waals surface area contributed by atoms with Gasteiger partial charge in [0.2, 0.25) is 0 Å². The second-order valence-electron chi connectivity index (χ2n) is 6.30. The van der Waals surface area contributed by atoms with Gasteiger partial charge in [0.1, 0.15) is 0 Å². The van der Waals surface area contributed by atoms with Crippen LogP contribution in [0, 0.1) is 0 Å². The lowest BCUT2D eigenvalue weighted by Crippen LogP contribution is -2.52. The highest BCUT2D eigenvalue weighted by molar-refractivity contribution is 7.89. The molecule has 0 heterocycles. The molecule has 0 N–H and O–H groups in total. The fraction of sp³-hybridized carbons (Fsp3) is 1.00. The average Bonchev–Trinajstić information content (AvgIpc) is 2.32. The Morgan fingerprint density at radius 2 is 1.52 bits per heavy atom. The molecule has 0 bridgehead atoms. The third-order valence-electron chi connectivity index (χ3n) is 3.41. The van der Waals surface area contributed by atoms with Gasteiger partial charge < -0.3 is 4.43 Å². The summed E-state index contributed by atoms with van der Waals surface area (Å²) in [6, 6.07) is 0. The maximum absolute atomic E-state index is 8.07. The Morgan fingerprint density at radius 3 is 1.76 bits per heavy atom. The van der Waals surface area contributed by atoms with Crippen molar-refractivity contribution in [3.63, 3.8) is 0 Å². The first-order chi connectivity index (χ1) is 9.36. The largest absolute Gasteiger partial charge is 0.417 e. The van der Waals surface area contributed by atoms with E-state index in [1.54, 1.807) is 0 Å². The lowest BCUT2D eigenvalue weighted by atomic mass is 8.68. The second kappa shape index (κ2) is 10.7. The van der Waals surface area contributed by atoms with Crippen molar-refractivity contribution in [1.82, 2.24) is 0 Å². The number of nitrogens with zero attached hydrogens (tertiary/aromatic N) is 3. The fourth-order valence-corrected chi connectivity index (χ4v) is 1.89. The van der Waals surface area contributed by atoms with Crippen molar-refractivity contribution < 1.29 is 4.43 Å². The summed E-state index contributed by atoms with van der Waals surface area (Å²) in [4.78, 5) is 2.68. The molecule has 13 heteroatoms. The van der Waals surface area contributed by atoms with Crippen molar-refractivity contribution in [3.8, 4) is 0 Å². The van der Waals surface area contributed by atoms with Gasteiger partial charge in [-0.1, -0.05) is 25.9 Å². The number of azide groups is 1. The zero-order chi connectivity index (χ0) is 17.3. The number of rotatable bonds is 6. The van der Waals surface area contributed by atoms with Crippen molar-refractivity contribution >= 4 is 66.2 Å². The van der Waals surface area contributed by atoms with Crippen LogP contribution >= 0.6 is 0 Å². The van der Waals surface area contributed by atoms with Gasteiger partial charge in [-0.05, 0) is 23.7 Å². The summed E-state index contributed by atoms with van der Waals surface area (Å²) >= 11 is 0. The fourth-order valence-electron chi connectivity index (χ4n) is 0.859. The lowest BCUT2D eigenvalue weighted by Gasteiger charge is -2.35. The standard InChI is InChI=1S/C8H19N3OSi.B8/c1-8(2,3)13(4,5)12-7-6-10-11-9;1-6(2)8(5)7(3)4/h6-7H2,1-5H3;. The third kappa shape index (κ3) is 11.3. The molecular formula is C8H19B8N3OSi. The van der Waals surface area contributed by atoms with E-state index in [1.807, 2.05) is 0 Å². The van der Waals surface area contributed by atoms with E-state index in [1.165, 1.54) is 0 Å². The molecule has 0 aliphatic rings. The molecule has 0 atom stereocenters. The summed E-state index contributed by atoms with van der Waals surface area (Å²) in [7, 11) is 24.1. The van der Waals surface area contributed by atoms with E-state index >= 15 is 0 Å². The van der Waals surface area contributed by atoms with Crippen molar-refractivity contribution in [2.75, 3.05) is 13.2 Å². The molecular weight excluding hydrogens is 269 g/mol. The Kier molecular flexibility index (Phi) is 11.8. The Morgan fingerprint density at radius 1 is 1.10 bits per heavy atom. The minimum absolute atomic E-state index is 0.226. The quantitative estimate of drug-likeness (QED) is 0.227. The molecule has 0 aromatic rings. The maximum atomic E-state index is 8.07. The highest BCUT2D eigenvalue weighted by atomic mass is 28.4. The molecule has 0 spiro atoms. The van der Waals surface area contributed by atoms with E-state index in [2.05, 4.69) is 43.9 Å². The summed E-state index contributed by atoms with van der Waals surface area (Å²) < 4.78 is 5.77. The first kappa shape index (κ1) is 23.3. The van der Waals surface area contributed by atoms with Crippen molar-refractivity contribution in [2.45, 2.75) is 38.9 Å². The van der Waals surface area contributed by atoms with Crippen LogP contribution in [0.15, 0.2) is 5.11 Å². The molecule has 0 aromatic carbocycles. The van der Waals surface area contributed by atoms with Gasteiger partial charge in [-0.3, -0.25) is 0 Å². The van der Waals surface area contributed by atoms with E-state index in [0.717, 1.165) is 0 Å². The maximum Gasteiger partial charge on any atom is 0.191 e. The van der Waals surface area contributed by atoms with Crippen molar-refractivity contribution in [1.29, 1.82) is 0 Å². The minimum Gasteiger partial charge on any atom is -0.417 e. The van der Waals surface area contributed by atoms with E-state index in [0.29, 0.717) is 13.2 Å². The Hall–Kier alpha value is 0.00636. The molecule has 0 aromatic heterocycles. The summed E-state index contributed by atoms with van der Waals surface area (Å²) in [5.74, 6) is 0. The SMILES string of the molecule is CC(C)(C)[Si](C)(C)OCCN=[N+]=[N-].[B]B([B])B([B])B([B])[B]. The van der Waals surface area contributed by atoms with Crippen LogP contribution in [0.3, 0.4) is 0 Å². The third-order valence-corrected chi connectivity index (χ3v) is 7.95. The van der Waals surface area contributed by atoms with Crippen LogP contribution in [-0.4, -0.2) is 79.3 Å². The Labute approximate surface area is 138 Å². The molecule has 100 valence electrons. The Bertz CT molecular complexity index is 324. The van der Waals surface area contributed by atoms with Gasteiger partial charge in [-0.25, -0.2) is 0 Å². The van der Waals surface area contributed by atoms with Gasteiger partial charge in [0.05, 0.1) is 0 Å². The molecule has 0 unspecified atom stereocenters. The van der Waals surface area contributed by atoms with Gasteiger partial charge in [-0.2, -0.15) is 0 Å². The van der Waals surface area contributed by atoms with E-state index < -0.39 is 27.5 Å². The van der Waals surface area contributed by atoms with Crippen LogP contribution in [0.5, 0.6) is 0 Å². The zero-order valence-corrected chi connectivity index (χ0v) is 14.8. The highest BCUT2D eigenvalue weighted by Gasteiger charge is 2.36. The Balaban J connectivity index is 0. The number of hydrogen-bond donors (Lipinski definition) is 0. The van der Waals surface area contributed by atoms with Gasteiger partial charge in [0.15, 0.2) is 8.32 Å². The van der Waals surface area contributed by atoms with Gasteiger partial charge in [-0.15, -0.1) is 0 Å². The summed E-state index contributed by atoms with van der Waals surface area (Å²) in [6.07, 6.45) is -1.78. The molecule has 0 amide bonds. The minimum atomic E-state index is -1.64. The molecule has 0 saturated carbocycles. The lowest BCUT2D eigenvalue weighted by molar-refractivity contribution is 0.297. The first-order valence-electron chi connectivity index (χ1n) is 6.79. The normalized spacial score (nSPS) is 10.7. The summed E-state index contributed by atoms with van der Waals surface area (Å²) in [6.45, 7) is 11.9. The van der Waals surface area contributed by atoms with Crippen LogP contribution in [0.25, 0.3) is 10.4 Å². The predicted molar refractivity (Wildman–Crippen MR) is 103 cm³/mol. The van der Waals surface area contributed by atoms with Crippen LogP contribution < -0.4 is 0 Å². The van der Waals surface area contributed by atoms with Gasteiger partial charge in [0, 0.05) is 75.9 Å². The van der Waals surface area contributed by atoms with Crippen LogP contribution in [0.2, 0.25) is 18.1 Å². The molecule has 0 aliphatic carbocycles. The van der Waals surface area contributed by atoms with Crippen LogP contribution in [0.1, 0.15) is 20.8 Å². The molecule has 4 nitrogen and oxygen atoms in total. The molecule has 21 heavy (non-hydrogen) atoms. The molecule has 0 rings (SSSR count). The smallest absolute Gasteiger partial charge is 0.191 e. The topological polar surface area (TPSA) is 58.0 Å². The van der Waals surface area contributed by atoms with Crippen LogP contribution in [-0.2, 0) is 4.43 Å². The van der Waals surface area contributed by atoms with Gasteiger partial charge in [0.25, 0.3) is 0 Å². The van der Waals surface area contributed by atoms with E-state index in [9.17, 15) is 0 Å².